The summed E-state index contributed by atoms with van der Waals surface area (Å²) >= 11 is 0. The van der Waals surface area contributed by atoms with E-state index in [9.17, 15) is 14.7 Å². The number of nitrogens with one attached hydrogen (secondary N) is 2. The Morgan fingerprint density at radius 2 is 1.82 bits per heavy atom. The molecule has 34 heavy (non-hydrogen) atoms. The molecule has 0 saturated carbocycles. The highest BCUT2D eigenvalue weighted by Crippen LogP contribution is 2.41. The van der Waals surface area contributed by atoms with Gasteiger partial charge in [-0.1, -0.05) is 62.4 Å². The van der Waals surface area contributed by atoms with Crippen LogP contribution in [0.5, 0.6) is 0 Å². The van der Waals surface area contributed by atoms with Gasteiger partial charge < -0.3 is 20.1 Å². The predicted molar refractivity (Wildman–Crippen MR) is 133 cm³/mol. The second-order valence-electron chi connectivity index (χ2n) is 9.36. The van der Waals surface area contributed by atoms with E-state index in [-0.39, 0.29) is 23.5 Å². The summed E-state index contributed by atoms with van der Waals surface area (Å²) in [6.07, 6.45) is 1.03. The standard InChI is InChI=1S/C28H32N2O4/c1-17(2)15-22(25-27(32)24(34-28(25)33)16-19-9-5-4-6-10-19)26-21(13-14-29-18(3)31)20-11-7-8-12-23(20)30-26/h4-12,17,22,24,30,32H,13-16H2,1-3H3,(H,29,31). The number of carbonyl (C=O) groups is 2. The van der Waals surface area contributed by atoms with Gasteiger partial charge in [0.25, 0.3) is 0 Å². The number of rotatable bonds is 9. The van der Waals surface area contributed by atoms with Gasteiger partial charge in [0.2, 0.25) is 5.91 Å². The predicted octanol–water partition coefficient (Wildman–Crippen LogP) is 4.96. The van der Waals surface area contributed by atoms with Crippen molar-refractivity contribution in [2.24, 2.45) is 5.92 Å². The number of aromatic nitrogens is 1. The Kier molecular flexibility index (Phi) is 7.06. The lowest BCUT2D eigenvalue weighted by Gasteiger charge is -2.20. The van der Waals surface area contributed by atoms with Gasteiger partial charge in [0.1, 0.15) is 5.76 Å². The Balaban J connectivity index is 1.76. The molecule has 6 nitrogen and oxygen atoms in total. The van der Waals surface area contributed by atoms with Gasteiger partial charge in [-0.2, -0.15) is 0 Å². The highest BCUT2D eigenvalue weighted by molar-refractivity contribution is 5.94. The van der Waals surface area contributed by atoms with E-state index in [1.165, 1.54) is 6.92 Å². The topological polar surface area (TPSA) is 91.4 Å². The fourth-order valence-electron chi connectivity index (χ4n) is 4.82. The number of para-hydroxylation sites is 1. The van der Waals surface area contributed by atoms with E-state index in [0.29, 0.717) is 31.4 Å². The molecule has 0 fully saturated rings. The van der Waals surface area contributed by atoms with Crippen molar-refractivity contribution < 1.29 is 19.4 Å². The molecule has 2 unspecified atom stereocenters. The van der Waals surface area contributed by atoms with Crippen molar-refractivity contribution in [2.75, 3.05) is 6.54 Å². The van der Waals surface area contributed by atoms with Crippen LogP contribution in [0.3, 0.4) is 0 Å². The summed E-state index contributed by atoms with van der Waals surface area (Å²) in [7, 11) is 0. The minimum atomic E-state index is -0.688. The average Bonchev–Trinajstić information content (AvgIpc) is 3.29. The van der Waals surface area contributed by atoms with Gasteiger partial charge in [-0.25, -0.2) is 4.79 Å². The maximum atomic E-state index is 13.1. The molecule has 4 rings (SSSR count). The minimum absolute atomic E-state index is 0.0194. The molecule has 3 aromatic rings. The number of cyclic esters (lactones) is 1. The second-order valence-corrected chi connectivity index (χ2v) is 9.36. The number of aromatic amines is 1. The van der Waals surface area contributed by atoms with Gasteiger partial charge in [-0.05, 0) is 36.0 Å². The summed E-state index contributed by atoms with van der Waals surface area (Å²) in [6.45, 7) is 6.20. The third kappa shape index (κ3) is 5.01. The van der Waals surface area contributed by atoms with Gasteiger partial charge in [0.15, 0.2) is 6.10 Å². The summed E-state index contributed by atoms with van der Waals surface area (Å²) in [5.41, 5.74) is 4.25. The first-order valence-electron chi connectivity index (χ1n) is 11.9. The minimum Gasteiger partial charge on any atom is -0.508 e. The quantitative estimate of drug-likeness (QED) is 0.394. The summed E-state index contributed by atoms with van der Waals surface area (Å²) in [5.74, 6) is -0.584. The molecule has 6 heteroatoms. The third-order valence-electron chi connectivity index (χ3n) is 6.31. The van der Waals surface area contributed by atoms with Gasteiger partial charge >= 0.3 is 5.97 Å². The van der Waals surface area contributed by atoms with Gasteiger partial charge in [-0.3, -0.25) is 4.79 Å². The number of fused-ring (bicyclic) bond motifs is 1. The molecule has 1 aliphatic rings. The summed E-state index contributed by atoms with van der Waals surface area (Å²) in [6, 6.07) is 17.7. The summed E-state index contributed by atoms with van der Waals surface area (Å²) < 4.78 is 5.67. The lowest BCUT2D eigenvalue weighted by molar-refractivity contribution is -0.140. The Bertz CT molecular complexity index is 1210. The van der Waals surface area contributed by atoms with Crippen LogP contribution in [0.25, 0.3) is 10.9 Å². The molecule has 1 amide bonds. The van der Waals surface area contributed by atoms with Crippen LogP contribution in [0, 0.1) is 5.92 Å². The first-order chi connectivity index (χ1) is 16.3. The van der Waals surface area contributed by atoms with Crippen molar-refractivity contribution in [1.29, 1.82) is 0 Å². The second kappa shape index (κ2) is 10.2. The number of benzene rings is 2. The van der Waals surface area contributed by atoms with E-state index in [1.54, 1.807) is 0 Å². The highest BCUT2D eigenvalue weighted by atomic mass is 16.6. The molecule has 2 atom stereocenters. The zero-order valence-electron chi connectivity index (χ0n) is 19.9. The van der Waals surface area contributed by atoms with Crippen LogP contribution in [0.15, 0.2) is 65.9 Å². The van der Waals surface area contributed by atoms with Crippen molar-refractivity contribution in [1.82, 2.24) is 10.3 Å². The normalized spacial score (nSPS) is 16.8. The number of hydrogen-bond donors (Lipinski definition) is 3. The SMILES string of the molecule is CC(=O)NCCc1c(C(CC(C)C)C2=C(O)C(Cc3ccccc3)OC2=O)[nH]c2ccccc12. The number of amides is 1. The first kappa shape index (κ1) is 23.6. The molecule has 0 saturated heterocycles. The Morgan fingerprint density at radius 1 is 1.12 bits per heavy atom. The van der Waals surface area contributed by atoms with Crippen LogP contribution in [-0.2, 0) is 27.2 Å². The number of carbonyl (C=O) groups excluding carboxylic acids is 2. The Morgan fingerprint density at radius 3 is 2.53 bits per heavy atom. The van der Waals surface area contributed by atoms with E-state index in [4.69, 9.17) is 4.74 Å². The Labute approximate surface area is 200 Å². The van der Waals surface area contributed by atoms with Crippen molar-refractivity contribution >= 4 is 22.8 Å². The van der Waals surface area contributed by atoms with E-state index in [1.807, 2.05) is 54.6 Å². The lowest BCUT2D eigenvalue weighted by Crippen LogP contribution is -2.23. The zero-order chi connectivity index (χ0) is 24.2. The average molecular weight is 461 g/mol. The molecule has 178 valence electrons. The van der Waals surface area contributed by atoms with E-state index >= 15 is 0 Å². The molecule has 2 aromatic carbocycles. The number of aliphatic hydroxyl groups excluding tert-OH is 1. The smallest absolute Gasteiger partial charge is 0.338 e. The molecule has 3 N–H and O–H groups in total. The largest absolute Gasteiger partial charge is 0.508 e. The zero-order valence-corrected chi connectivity index (χ0v) is 19.9. The maximum absolute atomic E-state index is 13.1. The van der Waals surface area contributed by atoms with Crippen LogP contribution in [0.4, 0.5) is 0 Å². The van der Waals surface area contributed by atoms with E-state index in [2.05, 4.69) is 24.1 Å². The number of aliphatic hydroxyl groups is 1. The summed E-state index contributed by atoms with van der Waals surface area (Å²) in [5, 5.41) is 15.1. The highest BCUT2D eigenvalue weighted by Gasteiger charge is 2.40. The molecular weight excluding hydrogens is 428 g/mol. The van der Waals surface area contributed by atoms with E-state index < -0.39 is 12.1 Å². The molecular formula is C28H32N2O4. The molecule has 0 spiro atoms. The molecule has 1 aromatic heterocycles. The third-order valence-corrected chi connectivity index (χ3v) is 6.31. The summed E-state index contributed by atoms with van der Waals surface area (Å²) in [4.78, 5) is 28.1. The van der Waals surface area contributed by atoms with Crippen molar-refractivity contribution in [3.63, 3.8) is 0 Å². The maximum Gasteiger partial charge on any atom is 0.338 e. The van der Waals surface area contributed by atoms with Crippen LogP contribution >= 0.6 is 0 Å². The van der Waals surface area contributed by atoms with Crippen LogP contribution in [0.1, 0.15) is 49.9 Å². The first-order valence-corrected chi connectivity index (χ1v) is 11.9. The van der Waals surface area contributed by atoms with Gasteiger partial charge in [0, 0.05) is 42.4 Å². The van der Waals surface area contributed by atoms with Crippen LogP contribution in [-0.4, -0.2) is 34.6 Å². The lowest BCUT2D eigenvalue weighted by atomic mass is 9.84. The molecule has 0 aliphatic carbocycles. The molecule has 0 bridgehead atoms. The molecule has 0 radical (unpaired) electrons. The van der Waals surface area contributed by atoms with E-state index in [0.717, 1.165) is 27.7 Å². The van der Waals surface area contributed by atoms with Gasteiger partial charge in [0.05, 0.1) is 5.57 Å². The van der Waals surface area contributed by atoms with Crippen LogP contribution in [0.2, 0.25) is 0 Å². The molecule has 1 aliphatic heterocycles. The number of H-pyrrole nitrogens is 1. The van der Waals surface area contributed by atoms with Crippen molar-refractivity contribution in [2.45, 2.75) is 52.1 Å². The number of esters is 1. The fraction of sp³-hybridized carbons (Fsp3) is 0.357. The number of ether oxygens (including phenoxy) is 1. The van der Waals surface area contributed by atoms with Gasteiger partial charge in [-0.15, -0.1) is 0 Å². The van der Waals surface area contributed by atoms with Crippen LogP contribution < -0.4 is 5.32 Å². The van der Waals surface area contributed by atoms with Crippen molar-refractivity contribution in [3.8, 4) is 0 Å². The number of hydrogen-bond acceptors (Lipinski definition) is 4. The van der Waals surface area contributed by atoms with Crippen molar-refractivity contribution in [3.05, 3.63) is 82.8 Å². The monoisotopic (exact) mass is 460 g/mol. The Hall–Kier alpha value is -3.54. The molecule has 2 heterocycles. The fourth-order valence-corrected chi connectivity index (χ4v) is 4.82.